The van der Waals surface area contributed by atoms with Crippen LogP contribution in [0.15, 0.2) is 0 Å². The van der Waals surface area contributed by atoms with E-state index in [9.17, 15) is 0 Å². The second kappa shape index (κ2) is 25.2. The van der Waals surface area contributed by atoms with E-state index in [1.165, 1.54) is 0 Å². The first-order valence-corrected chi connectivity index (χ1v) is 5.72. The zero-order valence-electron chi connectivity index (χ0n) is 6.55. The molecule has 92 valence electrons. The number of aliphatic hydroxyl groups is 1. The fraction of sp³-hybridized carbons (Fsp3) is 1.00. The Bertz CT molecular complexity index is 153. The molecule has 15 heteroatoms. The van der Waals surface area contributed by atoms with E-state index in [-0.39, 0.29) is 125 Å². The first kappa shape index (κ1) is 42.9. The van der Waals surface area contributed by atoms with Gasteiger partial charge >= 0.3 is 134 Å². The Kier molecular flexibility index (Phi) is 63.5. The topological polar surface area (TPSA) is 176 Å². The van der Waals surface area contributed by atoms with E-state index in [2.05, 4.69) is 0 Å². The quantitative estimate of drug-likeness (QED) is 0.170. The van der Waals surface area contributed by atoms with E-state index in [1.807, 2.05) is 0 Å². The maximum atomic E-state index is 8.88. The molecule has 9 nitrogen and oxygen atoms in total. The summed E-state index contributed by atoms with van der Waals surface area (Å²) in [5.41, 5.74) is 0. The zero-order chi connectivity index (χ0) is 11.7. The van der Waals surface area contributed by atoms with Crippen molar-refractivity contribution in [1.29, 1.82) is 0 Å². The average Bonchev–Trinajstić information content (AvgIpc) is 1.52. The Morgan fingerprint density at radius 2 is 0.706 bits per heavy atom. The van der Waals surface area contributed by atoms with Gasteiger partial charge in [-0.3, -0.25) is 0 Å². The fourth-order valence-corrected chi connectivity index (χ4v) is 0. The third-order valence-electron chi connectivity index (χ3n) is 0. The van der Waals surface area contributed by atoms with Crippen LogP contribution in [-0.4, -0.2) is 159 Å². The van der Waals surface area contributed by atoms with Crippen LogP contribution < -0.4 is 0 Å². The van der Waals surface area contributed by atoms with E-state index in [0.717, 1.165) is 0 Å². The Balaban J connectivity index is -0.0000000162. The first-order valence-electron chi connectivity index (χ1n) is 2.59. The molecular weight excluding hydrogens is 322 g/mol. The Morgan fingerprint density at radius 1 is 0.706 bits per heavy atom. The molecule has 0 atom stereocenters. The van der Waals surface area contributed by atoms with Gasteiger partial charge in [0.2, 0.25) is 0 Å². The van der Waals surface area contributed by atoms with Gasteiger partial charge in [-0.15, -0.1) is 0 Å². The van der Waals surface area contributed by atoms with Crippen molar-refractivity contribution in [2.75, 3.05) is 6.61 Å². The summed E-state index contributed by atoms with van der Waals surface area (Å²) in [5.74, 6) is 0. The Morgan fingerprint density at radius 3 is 0.706 bits per heavy atom. The average molecular weight is 338 g/mol. The second-order valence-electron chi connectivity index (χ2n) is 1.34. The molecule has 0 saturated carbocycles. The minimum absolute atomic E-state index is 0. The van der Waals surface area contributed by atoms with Gasteiger partial charge in [-0.2, -0.15) is 0 Å². The number of hydrogen-bond acceptors (Lipinski definition) is 3. The van der Waals surface area contributed by atoms with Crippen molar-refractivity contribution in [3.63, 3.8) is 0 Å². The summed E-state index contributed by atoms with van der Waals surface area (Å²) in [7, 11) is -9.28. The van der Waals surface area contributed by atoms with Gasteiger partial charge in [-0.1, -0.05) is 0 Å². The van der Waals surface area contributed by atoms with E-state index in [1.54, 1.807) is 6.92 Å². The van der Waals surface area contributed by atoms with Crippen molar-refractivity contribution < 1.29 is 43.6 Å². The first-order chi connectivity index (χ1) is 5.41. The molecule has 0 aromatic rings. The predicted molar refractivity (Wildman–Crippen MR) is 69.9 cm³/mol. The minimum atomic E-state index is -4.64. The van der Waals surface area contributed by atoms with Gasteiger partial charge in [0.1, 0.15) is 0 Å². The molecule has 0 amide bonds. The summed E-state index contributed by atoms with van der Waals surface area (Å²) >= 11 is 0. The van der Waals surface area contributed by atoms with Crippen molar-refractivity contribution in [3.8, 4) is 0 Å². The Hall–Kier alpha value is 4.18. The predicted octanol–water partition coefficient (Wildman–Crippen LogP) is -4.45. The molecule has 0 aromatic carbocycles. The van der Waals surface area contributed by atoms with Crippen molar-refractivity contribution >= 4 is 134 Å². The standard InChI is InChI=1S/C2H6O.4Na.2H3O4P.4H/c1-2-3;;;;;2*1-5(2,3)4;;;;/h3H,2H2,1H3;;;;;2*(H3,1,2,3,4);;;;. The van der Waals surface area contributed by atoms with Crippen molar-refractivity contribution in [1.82, 2.24) is 0 Å². The molecule has 7 N–H and O–H groups in total. The van der Waals surface area contributed by atoms with E-state index < -0.39 is 15.6 Å². The summed E-state index contributed by atoms with van der Waals surface area (Å²) in [5, 5.41) is 7.57. The summed E-state index contributed by atoms with van der Waals surface area (Å²) in [6.45, 7) is 1.93. The molecule has 0 aliphatic rings. The number of aliphatic hydroxyl groups excluding tert-OH is 1. The van der Waals surface area contributed by atoms with Gasteiger partial charge in [-0.25, -0.2) is 9.13 Å². The number of rotatable bonds is 0. The molecule has 0 radical (unpaired) electrons. The molecule has 0 aliphatic carbocycles. The van der Waals surface area contributed by atoms with Crippen LogP contribution in [0.3, 0.4) is 0 Å². The summed E-state index contributed by atoms with van der Waals surface area (Å²) in [6.07, 6.45) is 0. The van der Waals surface area contributed by atoms with E-state index >= 15 is 0 Å². The molecule has 0 spiro atoms. The molecule has 0 rings (SSSR count). The Labute approximate surface area is 187 Å². The summed E-state index contributed by atoms with van der Waals surface area (Å²) in [6, 6.07) is 0. The van der Waals surface area contributed by atoms with E-state index in [4.69, 9.17) is 43.6 Å². The van der Waals surface area contributed by atoms with Crippen LogP contribution in [0, 0.1) is 0 Å². The third kappa shape index (κ3) is 382. The normalized spacial score (nSPS) is 8.00. The van der Waals surface area contributed by atoms with Crippen molar-refractivity contribution in [3.05, 3.63) is 0 Å². The third-order valence-corrected chi connectivity index (χ3v) is 0. The van der Waals surface area contributed by atoms with Crippen LogP contribution in [-0.2, 0) is 9.13 Å². The second-order valence-corrected chi connectivity index (χ2v) is 3.40. The molecule has 0 fully saturated rings. The molecule has 0 unspecified atom stereocenters. The maximum absolute atomic E-state index is 8.88. The molecule has 0 heterocycles. The van der Waals surface area contributed by atoms with Crippen molar-refractivity contribution in [2.45, 2.75) is 6.92 Å². The molecule has 0 aromatic heterocycles. The van der Waals surface area contributed by atoms with Gasteiger partial charge < -0.3 is 34.5 Å². The van der Waals surface area contributed by atoms with Gasteiger partial charge in [0.15, 0.2) is 0 Å². The van der Waals surface area contributed by atoms with Gasteiger partial charge in [-0.05, 0) is 6.92 Å². The number of hydrogen-bond donors (Lipinski definition) is 7. The molecule has 0 aliphatic heterocycles. The van der Waals surface area contributed by atoms with Gasteiger partial charge in [0.25, 0.3) is 0 Å². The molecular formula is C2H16Na4O9P2. The van der Waals surface area contributed by atoms with Crippen LogP contribution in [0.1, 0.15) is 6.92 Å². The molecule has 17 heavy (non-hydrogen) atoms. The summed E-state index contributed by atoms with van der Waals surface area (Å²) < 4.78 is 17.8. The van der Waals surface area contributed by atoms with E-state index in [0.29, 0.717) is 0 Å². The van der Waals surface area contributed by atoms with Crippen LogP contribution in [0.4, 0.5) is 0 Å². The fourth-order valence-electron chi connectivity index (χ4n) is 0. The molecule has 0 bridgehead atoms. The SMILES string of the molecule is CCO.O=P(O)(O)O.O=P(O)(O)O.[NaH].[NaH].[NaH].[NaH]. The zero-order valence-corrected chi connectivity index (χ0v) is 8.34. The van der Waals surface area contributed by atoms with Gasteiger partial charge in [0, 0.05) is 6.61 Å². The van der Waals surface area contributed by atoms with Crippen LogP contribution in [0.5, 0.6) is 0 Å². The number of phosphoric acid groups is 2. The monoisotopic (exact) mass is 338 g/mol. The van der Waals surface area contributed by atoms with Crippen LogP contribution in [0.25, 0.3) is 0 Å². The summed E-state index contributed by atoms with van der Waals surface area (Å²) in [4.78, 5) is 43.1. The van der Waals surface area contributed by atoms with Crippen LogP contribution >= 0.6 is 15.6 Å². The molecule has 0 saturated heterocycles. The van der Waals surface area contributed by atoms with Crippen LogP contribution in [0.2, 0.25) is 0 Å². The van der Waals surface area contributed by atoms with Gasteiger partial charge in [0.05, 0.1) is 0 Å². The van der Waals surface area contributed by atoms with Crippen molar-refractivity contribution in [2.24, 2.45) is 0 Å².